The number of hydrogen-bond acceptors (Lipinski definition) is 2. The van der Waals surface area contributed by atoms with Gasteiger partial charge in [-0.2, -0.15) is 0 Å². The monoisotopic (exact) mass is 369 g/mol. The minimum atomic E-state index is 0.261. The first-order valence-electron chi connectivity index (χ1n) is 5.51. The van der Waals surface area contributed by atoms with Gasteiger partial charge >= 0.3 is 0 Å². The van der Waals surface area contributed by atoms with Crippen molar-refractivity contribution in [3.8, 4) is 5.75 Å². The van der Waals surface area contributed by atoms with Crippen molar-refractivity contribution in [1.29, 1.82) is 0 Å². The van der Waals surface area contributed by atoms with Crippen LogP contribution in [0.5, 0.6) is 5.75 Å². The predicted molar refractivity (Wildman–Crippen MR) is 82.1 cm³/mol. The van der Waals surface area contributed by atoms with E-state index in [-0.39, 0.29) is 5.75 Å². The molecule has 1 N–H and O–H groups in total. The first-order chi connectivity index (χ1) is 8.58. The number of anilines is 1. The van der Waals surface area contributed by atoms with Crippen LogP contribution in [0.3, 0.4) is 0 Å². The molecule has 0 fully saturated rings. The summed E-state index contributed by atoms with van der Waals surface area (Å²) in [6, 6.07) is 13.9. The first-order valence-corrected chi connectivity index (χ1v) is 7.09. The van der Waals surface area contributed by atoms with Crippen LogP contribution in [0.25, 0.3) is 0 Å². The fourth-order valence-electron chi connectivity index (χ4n) is 1.79. The molecule has 2 aromatic rings. The highest BCUT2D eigenvalue weighted by molar-refractivity contribution is 9.11. The molecule has 0 unspecified atom stereocenters. The van der Waals surface area contributed by atoms with Gasteiger partial charge in [0.05, 0.1) is 10.2 Å². The summed E-state index contributed by atoms with van der Waals surface area (Å²) in [6.45, 7) is 0.747. The molecule has 18 heavy (non-hydrogen) atoms. The summed E-state index contributed by atoms with van der Waals surface area (Å²) in [5.74, 6) is 0.261. The van der Waals surface area contributed by atoms with Gasteiger partial charge in [-0.3, -0.25) is 0 Å². The quantitative estimate of drug-likeness (QED) is 0.856. The Balaban J connectivity index is 2.26. The van der Waals surface area contributed by atoms with Crippen molar-refractivity contribution in [2.45, 2.75) is 6.54 Å². The molecule has 0 aliphatic rings. The van der Waals surface area contributed by atoms with Crippen LogP contribution >= 0.6 is 31.9 Å². The predicted octanol–water partition coefficient (Wildman–Crippen LogP) is 4.55. The number of aromatic hydroxyl groups is 1. The molecule has 0 amide bonds. The number of hydrogen-bond donors (Lipinski definition) is 1. The summed E-state index contributed by atoms with van der Waals surface area (Å²) < 4.78 is 1.62. The minimum Gasteiger partial charge on any atom is -0.505 e. The third-order valence-corrected chi connectivity index (χ3v) is 3.74. The topological polar surface area (TPSA) is 23.5 Å². The molecule has 0 bridgehead atoms. The van der Waals surface area contributed by atoms with Crippen molar-refractivity contribution in [2.24, 2.45) is 0 Å². The van der Waals surface area contributed by atoms with Crippen LogP contribution in [0.2, 0.25) is 0 Å². The van der Waals surface area contributed by atoms with Gasteiger partial charge in [-0.25, -0.2) is 0 Å². The van der Waals surface area contributed by atoms with E-state index >= 15 is 0 Å². The smallest absolute Gasteiger partial charge is 0.153 e. The lowest BCUT2D eigenvalue weighted by atomic mass is 10.2. The van der Waals surface area contributed by atoms with E-state index in [2.05, 4.69) is 44.0 Å². The molecule has 4 heteroatoms. The lowest BCUT2D eigenvalue weighted by Crippen LogP contribution is -2.16. The summed E-state index contributed by atoms with van der Waals surface area (Å²) in [5, 5.41) is 10.1. The molecule has 0 aliphatic carbocycles. The molecule has 0 atom stereocenters. The van der Waals surface area contributed by atoms with E-state index in [9.17, 15) is 5.11 Å². The van der Waals surface area contributed by atoms with Gasteiger partial charge in [0.15, 0.2) is 5.75 Å². The van der Waals surface area contributed by atoms with Gasteiger partial charge in [0.25, 0.3) is 0 Å². The highest BCUT2D eigenvalue weighted by Crippen LogP contribution is 2.37. The molecule has 94 valence electrons. The first kappa shape index (κ1) is 13.4. The zero-order valence-electron chi connectivity index (χ0n) is 9.90. The maximum absolute atomic E-state index is 10.1. The number of benzene rings is 2. The molecule has 2 aromatic carbocycles. The minimum absolute atomic E-state index is 0.261. The third-order valence-electron chi connectivity index (χ3n) is 2.68. The Morgan fingerprint density at radius 3 is 2.44 bits per heavy atom. The van der Waals surface area contributed by atoms with E-state index in [1.165, 1.54) is 5.56 Å². The SMILES string of the molecule is CN(Cc1ccccc1)c1cc(Br)cc(Br)c1O. The average Bonchev–Trinajstić information content (AvgIpc) is 2.35. The van der Waals surface area contributed by atoms with Gasteiger partial charge in [0, 0.05) is 18.1 Å². The number of phenolic OH excluding ortho intramolecular Hbond substituents is 1. The van der Waals surface area contributed by atoms with Gasteiger partial charge < -0.3 is 10.0 Å². The van der Waals surface area contributed by atoms with Crippen LogP contribution in [-0.4, -0.2) is 12.2 Å². The van der Waals surface area contributed by atoms with E-state index in [0.29, 0.717) is 4.47 Å². The van der Waals surface area contributed by atoms with E-state index in [1.807, 2.05) is 42.3 Å². The van der Waals surface area contributed by atoms with Gasteiger partial charge in [-0.15, -0.1) is 0 Å². The molecule has 0 aromatic heterocycles. The summed E-state index contributed by atoms with van der Waals surface area (Å²) >= 11 is 6.78. The van der Waals surface area contributed by atoms with Crippen molar-refractivity contribution in [3.63, 3.8) is 0 Å². The van der Waals surface area contributed by atoms with Crippen LogP contribution in [0.4, 0.5) is 5.69 Å². The molecule has 0 saturated carbocycles. The molecule has 2 rings (SSSR count). The lowest BCUT2D eigenvalue weighted by Gasteiger charge is -2.21. The summed E-state index contributed by atoms with van der Waals surface area (Å²) in [4.78, 5) is 2.01. The standard InChI is InChI=1S/C14H13Br2NO/c1-17(9-10-5-3-2-4-6-10)13-8-11(15)7-12(16)14(13)18/h2-8,18H,9H2,1H3. The average molecular weight is 371 g/mol. The largest absolute Gasteiger partial charge is 0.505 e. The Morgan fingerprint density at radius 2 is 1.78 bits per heavy atom. The van der Waals surface area contributed by atoms with Crippen LogP contribution in [0.15, 0.2) is 51.4 Å². The Labute approximate surface area is 124 Å². The van der Waals surface area contributed by atoms with Gasteiger partial charge in [0.1, 0.15) is 0 Å². The fourth-order valence-corrected chi connectivity index (χ4v) is 2.99. The van der Waals surface area contributed by atoms with Crippen LogP contribution in [0.1, 0.15) is 5.56 Å². The summed E-state index contributed by atoms with van der Waals surface area (Å²) in [6.07, 6.45) is 0. The van der Waals surface area contributed by atoms with Crippen LogP contribution in [-0.2, 0) is 6.54 Å². The highest BCUT2D eigenvalue weighted by atomic mass is 79.9. The number of phenols is 1. The Bertz CT molecular complexity index is 543. The van der Waals surface area contributed by atoms with Crippen molar-refractivity contribution >= 4 is 37.5 Å². The van der Waals surface area contributed by atoms with Gasteiger partial charge in [-0.05, 0) is 33.6 Å². The van der Waals surface area contributed by atoms with Crippen LogP contribution in [0, 0.1) is 0 Å². The van der Waals surface area contributed by atoms with E-state index in [4.69, 9.17) is 0 Å². The number of rotatable bonds is 3. The van der Waals surface area contributed by atoms with Crippen molar-refractivity contribution < 1.29 is 5.11 Å². The Morgan fingerprint density at radius 1 is 1.11 bits per heavy atom. The lowest BCUT2D eigenvalue weighted by molar-refractivity contribution is 0.471. The summed E-state index contributed by atoms with van der Waals surface area (Å²) in [7, 11) is 1.96. The fraction of sp³-hybridized carbons (Fsp3) is 0.143. The second-order valence-corrected chi connectivity index (χ2v) is 5.87. The molecule has 0 aliphatic heterocycles. The summed E-state index contributed by atoms with van der Waals surface area (Å²) in [5.41, 5.74) is 2.00. The van der Waals surface area contributed by atoms with Crippen molar-refractivity contribution in [3.05, 3.63) is 57.0 Å². The molecule has 0 saturated heterocycles. The number of halogens is 2. The molecule has 0 heterocycles. The third kappa shape index (κ3) is 3.06. The molecular weight excluding hydrogens is 358 g/mol. The normalized spacial score (nSPS) is 10.4. The van der Waals surface area contributed by atoms with E-state index in [0.717, 1.165) is 16.7 Å². The number of nitrogens with zero attached hydrogens (tertiary/aromatic N) is 1. The zero-order valence-corrected chi connectivity index (χ0v) is 13.1. The highest BCUT2D eigenvalue weighted by Gasteiger charge is 2.11. The Hall–Kier alpha value is -1.00. The zero-order chi connectivity index (χ0) is 13.1. The van der Waals surface area contributed by atoms with E-state index < -0.39 is 0 Å². The maximum atomic E-state index is 10.1. The van der Waals surface area contributed by atoms with Crippen molar-refractivity contribution in [1.82, 2.24) is 0 Å². The van der Waals surface area contributed by atoms with Crippen LogP contribution < -0.4 is 4.90 Å². The Kier molecular flexibility index (Phi) is 4.30. The van der Waals surface area contributed by atoms with Gasteiger partial charge in [0.2, 0.25) is 0 Å². The second kappa shape index (κ2) is 5.76. The molecular formula is C14H13Br2NO. The molecule has 2 nitrogen and oxygen atoms in total. The second-order valence-electron chi connectivity index (χ2n) is 4.10. The van der Waals surface area contributed by atoms with Crippen molar-refractivity contribution in [2.75, 3.05) is 11.9 Å². The van der Waals surface area contributed by atoms with E-state index in [1.54, 1.807) is 0 Å². The molecule has 0 spiro atoms. The molecule has 0 radical (unpaired) electrons. The maximum Gasteiger partial charge on any atom is 0.153 e. The van der Waals surface area contributed by atoms with Gasteiger partial charge in [-0.1, -0.05) is 46.3 Å².